The summed E-state index contributed by atoms with van der Waals surface area (Å²) in [6, 6.07) is 14.6. The van der Waals surface area contributed by atoms with Gasteiger partial charge in [-0.2, -0.15) is 0 Å². The predicted molar refractivity (Wildman–Crippen MR) is 109 cm³/mol. The zero-order valence-corrected chi connectivity index (χ0v) is 16.3. The van der Waals surface area contributed by atoms with Crippen molar-refractivity contribution >= 4 is 29.2 Å². The molecular formula is C22H24N2O5. The molecule has 0 aromatic heterocycles. The molecule has 3 rings (SSSR count). The third-order valence-electron chi connectivity index (χ3n) is 4.54. The summed E-state index contributed by atoms with van der Waals surface area (Å²) >= 11 is 0. The van der Waals surface area contributed by atoms with Crippen molar-refractivity contribution in [2.24, 2.45) is 0 Å². The van der Waals surface area contributed by atoms with Crippen LogP contribution in [0.1, 0.15) is 24.8 Å². The average Bonchev–Trinajstić information content (AvgIpc) is 3.14. The van der Waals surface area contributed by atoms with Crippen molar-refractivity contribution < 1.29 is 23.9 Å². The maximum absolute atomic E-state index is 12.1. The summed E-state index contributed by atoms with van der Waals surface area (Å²) in [5.41, 5.74) is 2.28. The number of carbonyl (C=O) groups excluding carboxylic acids is 3. The van der Waals surface area contributed by atoms with Crippen LogP contribution in [0.2, 0.25) is 0 Å². The maximum atomic E-state index is 12.1. The van der Waals surface area contributed by atoms with Gasteiger partial charge in [-0.3, -0.25) is 14.4 Å². The molecule has 0 saturated carbocycles. The quantitative estimate of drug-likeness (QED) is 0.693. The lowest BCUT2D eigenvalue weighted by molar-refractivity contribution is -0.147. The van der Waals surface area contributed by atoms with E-state index >= 15 is 0 Å². The lowest BCUT2D eigenvalue weighted by Crippen LogP contribution is -2.24. The number of hydrogen-bond acceptors (Lipinski definition) is 5. The van der Waals surface area contributed by atoms with Gasteiger partial charge in [0, 0.05) is 24.3 Å². The summed E-state index contributed by atoms with van der Waals surface area (Å²) in [4.78, 5) is 37.4. The van der Waals surface area contributed by atoms with Gasteiger partial charge in [-0.1, -0.05) is 24.3 Å². The number of aryl methyl sites for hydroxylation is 1. The molecule has 7 nitrogen and oxygen atoms in total. The second kappa shape index (κ2) is 9.73. The molecule has 2 aromatic carbocycles. The van der Waals surface area contributed by atoms with Gasteiger partial charge < -0.3 is 19.7 Å². The highest BCUT2D eigenvalue weighted by molar-refractivity contribution is 5.97. The molecule has 0 radical (unpaired) electrons. The highest BCUT2D eigenvalue weighted by Gasteiger charge is 2.21. The monoisotopic (exact) mass is 396 g/mol. The summed E-state index contributed by atoms with van der Waals surface area (Å²) < 4.78 is 10.5. The molecule has 1 saturated heterocycles. The number of ether oxygens (including phenoxy) is 2. The zero-order valence-electron chi connectivity index (χ0n) is 16.3. The number of para-hydroxylation sites is 1. The number of amides is 2. The fourth-order valence-electron chi connectivity index (χ4n) is 3.05. The first-order chi connectivity index (χ1) is 14.0. The van der Waals surface area contributed by atoms with E-state index in [9.17, 15) is 14.4 Å². The van der Waals surface area contributed by atoms with E-state index in [4.69, 9.17) is 9.47 Å². The van der Waals surface area contributed by atoms with Crippen LogP contribution in [0, 0.1) is 6.92 Å². The van der Waals surface area contributed by atoms with E-state index in [2.05, 4.69) is 5.32 Å². The molecule has 2 aromatic rings. The van der Waals surface area contributed by atoms with Crippen LogP contribution in [0.15, 0.2) is 48.5 Å². The topological polar surface area (TPSA) is 84.9 Å². The smallest absolute Gasteiger partial charge is 0.309 e. The van der Waals surface area contributed by atoms with Crippen LogP contribution < -0.4 is 15.0 Å². The first-order valence-corrected chi connectivity index (χ1v) is 9.57. The number of anilines is 2. The van der Waals surface area contributed by atoms with Crippen LogP contribution in [-0.4, -0.2) is 37.5 Å². The molecule has 1 aliphatic rings. The Morgan fingerprint density at radius 3 is 2.72 bits per heavy atom. The average molecular weight is 396 g/mol. The Bertz CT molecular complexity index is 896. The molecule has 0 atom stereocenters. The summed E-state index contributed by atoms with van der Waals surface area (Å²) in [5, 5.41) is 2.68. The molecule has 0 unspecified atom stereocenters. The van der Waals surface area contributed by atoms with Gasteiger partial charge in [-0.05, 0) is 43.2 Å². The van der Waals surface area contributed by atoms with Gasteiger partial charge >= 0.3 is 5.97 Å². The number of nitrogens with zero attached hydrogens (tertiary/aromatic N) is 1. The zero-order chi connectivity index (χ0) is 20.6. The van der Waals surface area contributed by atoms with Crippen LogP contribution in [-0.2, 0) is 19.1 Å². The lowest BCUT2D eigenvalue weighted by atomic mass is 10.2. The van der Waals surface area contributed by atoms with E-state index in [1.165, 1.54) is 0 Å². The van der Waals surface area contributed by atoms with Gasteiger partial charge in [-0.15, -0.1) is 0 Å². The third-order valence-corrected chi connectivity index (χ3v) is 4.54. The predicted octanol–water partition coefficient (Wildman–Crippen LogP) is 3.07. The molecule has 1 aliphatic heterocycles. The number of hydrogen-bond donors (Lipinski definition) is 1. The van der Waals surface area contributed by atoms with Crippen molar-refractivity contribution in [3.8, 4) is 5.75 Å². The minimum atomic E-state index is -0.509. The van der Waals surface area contributed by atoms with Gasteiger partial charge in [0.05, 0.1) is 13.0 Å². The minimum Gasteiger partial charge on any atom is -0.493 e. The maximum Gasteiger partial charge on any atom is 0.309 e. The number of carbonyl (C=O) groups is 3. The molecule has 152 valence electrons. The molecule has 0 spiro atoms. The first-order valence-electron chi connectivity index (χ1n) is 9.57. The summed E-state index contributed by atoms with van der Waals surface area (Å²) in [6.45, 7) is 2.40. The van der Waals surface area contributed by atoms with Crippen molar-refractivity contribution in [1.82, 2.24) is 0 Å². The second-order valence-electron chi connectivity index (χ2n) is 6.77. The summed E-state index contributed by atoms with van der Waals surface area (Å²) in [7, 11) is 0. The highest BCUT2D eigenvalue weighted by atomic mass is 16.5. The Labute approximate surface area is 169 Å². The van der Waals surface area contributed by atoms with Crippen molar-refractivity contribution in [2.45, 2.75) is 26.2 Å². The molecule has 0 bridgehead atoms. The summed E-state index contributed by atoms with van der Waals surface area (Å²) in [5.74, 6) is -0.155. The first kappa shape index (κ1) is 20.4. The number of nitrogens with one attached hydrogen (secondary N) is 1. The normalized spacial score (nSPS) is 13.3. The van der Waals surface area contributed by atoms with Crippen molar-refractivity contribution in [3.05, 3.63) is 54.1 Å². The van der Waals surface area contributed by atoms with Crippen LogP contribution in [0.4, 0.5) is 11.4 Å². The van der Waals surface area contributed by atoms with Crippen molar-refractivity contribution in [2.75, 3.05) is 30.0 Å². The molecule has 2 amide bonds. The SMILES string of the molecule is Cc1ccccc1OCCC(=O)OCC(=O)Nc1cccc(N2CCCC2=O)c1. The number of esters is 1. The van der Waals surface area contributed by atoms with Gasteiger partial charge in [-0.25, -0.2) is 0 Å². The van der Waals surface area contributed by atoms with E-state index < -0.39 is 11.9 Å². The molecule has 1 fully saturated rings. The Hall–Kier alpha value is -3.35. The Morgan fingerprint density at radius 2 is 1.97 bits per heavy atom. The third kappa shape index (κ3) is 5.81. The van der Waals surface area contributed by atoms with Gasteiger partial charge in [0.1, 0.15) is 5.75 Å². The fourth-order valence-corrected chi connectivity index (χ4v) is 3.05. The van der Waals surface area contributed by atoms with Crippen LogP contribution in [0.5, 0.6) is 5.75 Å². The Morgan fingerprint density at radius 1 is 1.14 bits per heavy atom. The standard InChI is InChI=1S/C22H24N2O5/c1-16-6-2-3-9-19(16)28-13-11-22(27)29-15-20(25)23-17-7-4-8-18(14-17)24-12-5-10-21(24)26/h2-4,6-9,14H,5,10-13,15H2,1H3,(H,23,25). The molecular weight excluding hydrogens is 372 g/mol. The van der Waals surface area contributed by atoms with Gasteiger partial charge in [0.2, 0.25) is 5.91 Å². The van der Waals surface area contributed by atoms with E-state index in [1.54, 1.807) is 23.1 Å². The van der Waals surface area contributed by atoms with Crippen LogP contribution in [0.3, 0.4) is 0 Å². The molecule has 29 heavy (non-hydrogen) atoms. The Kier molecular flexibility index (Phi) is 6.84. The fraction of sp³-hybridized carbons (Fsp3) is 0.318. The summed E-state index contributed by atoms with van der Waals surface area (Å²) in [6.07, 6.45) is 1.42. The van der Waals surface area contributed by atoms with E-state index in [1.807, 2.05) is 37.3 Å². The van der Waals surface area contributed by atoms with E-state index in [0.717, 1.165) is 23.4 Å². The second-order valence-corrected chi connectivity index (χ2v) is 6.77. The van der Waals surface area contributed by atoms with E-state index in [0.29, 0.717) is 18.7 Å². The number of benzene rings is 2. The van der Waals surface area contributed by atoms with Gasteiger partial charge in [0.25, 0.3) is 5.91 Å². The van der Waals surface area contributed by atoms with Crippen molar-refractivity contribution in [1.29, 1.82) is 0 Å². The lowest BCUT2D eigenvalue weighted by Gasteiger charge is -2.16. The minimum absolute atomic E-state index is 0.0498. The van der Waals surface area contributed by atoms with Gasteiger partial charge in [0.15, 0.2) is 6.61 Å². The van der Waals surface area contributed by atoms with Crippen LogP contribution >= 0.6 is 0 Å². The molecule has 1 N–H and O–H groups in total. The van der Waals surface area contributed by atoms with E-state index in [-0.39, 0.29) is 25.5 Å². The number of rotatable bonds is 8. The largest absolute Gasteiger partial charge is 0.493 e. The van der Waals surface area contributed by atoms with Crippen LogP contribution in [0.25, 0.3) is 0 Å². The Balaban J connectivity index is 1.41. The molecule has 1 heterocycles. The molecule has 7 heteroatoms. The molecule has 0 aliphatic carbocycles. The van der Waals surface area contributed by atoms with Crippen molar-refractivity contribution in [3.63, 3.8) is 0 Å². The highest BCUT2D eigenvalue weighted by Crippen LogP contribution is 2.24.